The van der Waals surface area contributed by atoms with Crippen molar-refractivity contribution in [2.75, 3.05) is 13.2 Å². The van der Waals surface area contributed by atoms with Crippen LogP contribution in [0.15, 0.2) is 58.9 Å². The molecule has 0 aromatic heterocycles. The van der Waals surface area contributed by atoms with E-state index in [1.807, 2.05) is 6.92 Å². The van der Waals surface area contributed by atoms with E-state index in [4.69, 9.17) is 18.9 Å². The summed E-state index contributed by atoms with van der Waals surface area (Å²) < 4.78 is 49.6. The fourth-order valence-electron chi connectivity index (χ4n) is 4.21. The lowest BCUT2D eigenvalue weighted by atomic mass is 10.00. The van der Waals surface area contributed by atoms with Gasteiger partial charge >= 0.3 is 12.2 Å². The molecule has 4 atom stereocenters. The molecule has 37 heavy (non-hydrogen) atoms. The van der Waals surface area contributed by atoms with Crippen LogP contribution < -0.4 is 0 Å². The average molecular weight is 536 g/mol. The lowest BCUT2D eigenvalue weighted by Crippen LogP contribution is -2.38. The summed E-state index contributed by atoms with van der Waals surface area (Å²) in [4.78, 5) is 25.9. The summed E-state index contributed by atoms with van der Waals surface area (Å²) in [5, 5.41) is 1.24. The van der Waals surface area contributed by atoms with Gasteiger partial charge in [-0.15, -0.1) is 6.58 Å². The summed E-state index contributed by atoms with van der Waals surface area (Å²) in [6.07, 6.45) is -0.0676. The van der Waals surface area contributed by atoms with Crippen LogP contribution >= 0.6 is 0 Å². The van der Waals surface area contributed by atoms with Gasteiger partial charge in [0.05, 0.1) is 23.6 Å². The maximum atomic E-state index is 13.2. The zero-order valence-corrected chi connectivity index (χ0v) is 22.7. The molecular weight excluding hydrogens is 498 g/mol. The van der Waals surface area contributed by atoms with Crippen LogP contribution in [0.2, 0.25) is 0 Å². The molecule has 2 saturated heterocycles. The van der Waals surface area contributed by atoms with Gasteiger partial charge < -0.3 is 18.9 Å². The number of rotatable bonds is 10. The van der Waals surface area contributed by atoms with Crippen molar-refractivity contribution < 1.29 is 37.0 Å². The Balaban J connectivity index is 1.85. The standard InChI is InChI=1S/C27H37NO8S/c1-6-8-15-33-24-21(18-37(31,32)20-13-10-9-11-14-20)22(12-7-2)35-23(24)16-19-17-28(25(29)34-19)26(30)36-27(3,4)5/h7,9-11,13-14,18-19,22-24H,2,6,8,12,15-17H2,1,3-5H3/b21-18+/t19-,22-,23+,24+/m0/s1. The Bertz CT molecular complexity index is 1090. The number of unbranched alkanes of at least 4 members (excludes halogenated alkanes) is 1. The third-order valence-corrected chi connectivity index (χ3v) is 7.41. The molecule has 0 aliphatic carbocycles. The van der Waals surface area contributed by atoms with Crippen LogP contribution in [0.4, 0.5) is 9.59 Å². The lowest BCUT2D eigenvalue weighted by molar-refractivity contribution is -0.0396. The Morgan fingerprint density at radius 1 is 1.24 bits per heavy atom. The van der Waals surface area contributed by atoms with Crippen molar-refractivity contribution in [1.29, 1.82) is 0 Å². The van der Waals surface area contributed by atoms with E-state index in [0.717, 1.165) is 17.7 Å². The SMILES string of the molecule is C=CC[C@@H]1O[C@H](C[C@H]2CN(C(=O)OC(C)(C)C)C(=O)O2)[C@H](OCCCC)/C1=C/S(=O)(=O)c1ccccc1. The molecule has 2 aliphatic rings. The number of benzene rings is 1. The molecule has 2 fully saturated rings. The number of cyclic esters (lactones) is 1. The number of ether oxygens (including phenoxy) is 4. The van der Waals surface area contributed by atoms with Gasteiger partial charge in [-0.25, -0.2) is 22.9 Å². The second-order valence-corrected chi connectivity index (χ2v) is 11.9. The van der Waals surface area contributed by atoms with Crippen molar-refractivity contribution in [2.24, 2.45) is 0 Å². The summed E-state index contributed by atoms with van der Waals surface area (Å²) in [7, 11) is -3.77. The number of carbonyl (C=O) groups excluding carboxylic acids is 2. The van der Waals surface area contributed by atoms with Gasteiger partial charge in [0.2, 0.25) is 0 Å². The van der Waals surface area contributed by atoms with E-state index in [-0.39, 0.29) is 17.9 Å². The van der Waals surface area contributed by atoms with Crippen molar-refractivity contribution in [2.45, 2.75) is 88.3 Å². The molecule has 3 rings (SSSR count). The van der Waals surface area contributed by atoms with Crippen LogP contribution in [-0.4, -0.2) is 68.7 Å². The van der Waals surface area contributed by atoms with Gasteiger partial charge in [-0.05, 0) is 45.7 Å². The summed E-state index contributed by atoms with van der Waals surface area (Å²) in [5.41, 5.74) is -0.262. The highest BCUT2D eigenvalue weighted by Crippen LogP contribution is 2.36. The Labute approximate surface area is 219 Å². The summed E-state index contributed by atoms with van der Waals surface area (Å²) in [6.45, 7) is 11.4. The van der Waals surface area contributed by atoms with E-state index in [0.29, 0.717) is 18.6 Å². The molecule has 204 valence electrons. The topological polar surface area (TPSA) is 108 Å². The highest BCUT2D eigenvalue weighted by atomic mass is 32.2. The molecule has 0 radical (unpaired) electrons. The first-order valence-electron chi connectivity index (χ1n) is 12.6. The van der Waals surface area contributed by atoms with Crippen molar-refractivity contribution in [3.05, 3.63) is 54.0 Å². The molecule has 0 unspecified atom stereocenters. The normalized spacial score (nSPS) is 25.4. The lowest BCUT2D eigenvalue weighted by Gasteiger charge is -2.23. The molecule has 9 nitrogen and oxygen atoms in total. The first-order chi connectivity index (χ1) is 17.4. The first kappa shape index (κ1) is 28.9. The molecule has 2 amide bonds. The van der Waals surface area contributed by atoms with E-state index in [9.17, 15) is 18.0 Å². The second-order valence-electron chi connectivity index (χ2n) is 10.1. The molecule has 2 heterocycles. The van der Waals surface area contributed by atoms with Crippen molar-refractivity contribution in [1.82, 2.24) is 4.90 Å². The molecule has 1 aromatic rings. The number of hydrogen-bond acceptors (Lipinski definition) is 8. The van der Waals surface area contributed by atoms with Crippen molar-refractivity contribution in [3.8, 4) is 0 Å². The minimum atomic E-state index is -3.77. The van der Waals surface area contributed by atoms with Gasteiger partial charge in [0.1, 0.15) is 17.8 Å². The van der Waals surface area contributed by atoms with E-state index in [2.05, 4.69) is 6.58 Å². The molecule has 1 aromatic carbocycles. The van der Waals surface area contributed by atoms with Crippen LogP contribution in [0.25, 0.3) is 0 Å². The smallest absolute Gasteiger partial charge is 0.419 e. The Morgan fingerprint density at radius 3 is 2.57 bits per heavy atom. The summed E-state index contributed by atoms with van der Waals surface area (Å²) >= 11 is 0. The zero-order valence-electron chi connectivity index (χ0n) is 21.9. The Hall–Kier alpha value is -2.69. The fourth-order valence-corrected chi connectivity index (χ4v) is 5.53. The van der Waals surface area contributed by atoms with E-state index in [1.165, 1.54) is 5.41 Å². The number of nitrogens with zero attached hydrogens (tertiary/aromatic N) is 1. The highest BCUT2D eigenvalue weighted by molar-refractivity contribution is 7.94. The van der Waals surface area contributed by atoms with Gasteiger partial charge in [0.25, 0.3) is 0 Å². The average Bonchev–Trinajstić information content (AvgIpc) is 3.33. The van der Waals surface area contributed by atoms with Crippen LogP contribution in [0.1, 0.15) is 53.4 Å². The van der Waals surface area contributed by atoms with E-state index >= 15 is 0 Å². The van der Waals surface area contributed by atoms with Crippen molar-refractivity contribution >= 4 is 22.0 Å². The maximum Gasteiger partial charge on any atom is 0.419 e. The largest absolute Gasteiger partial charge is 0.444 e. The predicted octanol–water partition coefficient (Wildman–Crippen LogP) is 5.02. The number of hydrogen-bond donors (Lipinski definition) is 0. The fraction of sp³-hybridized carbons (Fsp3) is 0.556. The molecule has 10 heteroatoms. The van der Waals surface area contributed by atoms with Crippen LogP contribution in [0, 0.1) is 0 Å². The van der Waals surface area contributed by atoms with Gasteiger partial charge in [0.15, 0.2) is 9.84 Å². The maximum absolute atomic E-state index is 13.2. The van der Waals surface area contributed by atoms with Gasteiger partial charge in [-0.1, -0.05) is 37.6 Å². The Kier molecular flexibility index (Phi) is 9.55. The second kappa shape index (κ2) is 12.2. The monoisotopic (exact) mass is 535 g/mol. The number of amides is 2. The highest BCUT2D eigenvalue weighted by Gasteiger charge is 2.46. The quantitative estimate of drug-likeness (QED) is 0.304. The molecule has 2 aliphatic heterocycles. The molecule has 0 spiro atoms. The van der Waals surface area contributed by atoms with Gasteiger partial charge in [0, 0.05) is 24.0 Å². The first-order valence-corrected chi connectivity index (χ1v) is 14.1. The third kappa shape index (κ3) is 7.66. The van der Waals surface area contributed by atoms with Crippen molar-refractivity contribution in [3.63, 3.8) is 0 Å². The molecule has 0 bridgehead atoms. The Morgan fingerprint density at radius 2 is 1.95 bits per heavy atom. The summed E-state index contributed by atoms with van der Waals surface area (Å²) in [6, 6.07) is 8.17. The van der Waals surface area contributed by atoms with Crippen LogP contribution in [0.5, 0.6) is 0 Å². The molecule has 0 N–H and O–H groups in total. The number of sulfone groups is 1. The summed E-state index contributed by atoms with van der Waals surface area (Å²) in [5.74, 6) is 0. The number of imide groups is 1. The van der Waals surface area contributed by atoms with E-state index in [1.54, 1.807) is 57.2 Å². The minimum Gasteiger partial charge on any atom is -0.444 e. The third-order valence-electron chi connectivity index (χ3n) is 5.90. The van der Waals surface area contributed by atoms with Crippen LogP contribution in [0.3, 0.4) is 0 Å². The zero-order chi connectivity index (χ0) is 27.2. The number of carbonyl (C=O) groups is 2. The van der Waals surface area contributed by atoms with Crippen LogP contribution in [-0.2, 0) is 28.8 Å². The minimum absolute atomic E-state index is 0.00275. The predicted molar refractivity (Wildman–Crippen MR) is 138 cm³/mol. The molecule has 0 saturated carbocycles. The van der Waals surface area contributed by atoms with E-state index < -0.39 is 52.0 Å². The molecular formula is C27H37NO8S. The van der Waals surface area contributed by atoms with Gasteiger partial charge in [-0.3, -0.25) is 0 Å². The van der Waals surface area contributed by atoms with Gasteiger partial charge in [-0.2, -0.15) is 0 Å².